The van der Waals surface area contributed by atoms with Crippen LogP contribution in [0.2, 0.25) is 0 Å². The summed E-state index contributed by atoms with van der Waals surface area (Å²) in [6.07, 6.45) is 1.28. The smallest absolute Gasteiger partial charge is 0.277 e. The van der Waals surface area contributed by atoms with Gasteiger partial charge in [-0.2, -0.15) is 5.10 Å². The quantitative estimate of drug-likeness (QED) is 0.538. The number of hydrogen-bond donors (Lipinski definition) is 3. The molecule has 24 heavy (non-hydrogen) atoms. The Hall–Kier alpha value is -2.54. The molecule has 1 amide bonds. The maximum absolute atomic E-state index is 11.8. The Kier molecular flexibility index (Phi) is 5.81. The van der Waals surface area contributed by atoms with Crippen LogP contribution in [0.15, 0.2) is 39.9 Å². The Bertz CT molecular complexity index is 767. The Balaban J connectivity index is 1.91. The molecule has 126 valence electrons. The normalized spacial score (nSPS) is 10.8. The molecule has 2 aromatic rings. The SMILES string of the molecule is Cc1cc(C)c(OCC(=O)N/N=C\c2ccc(O)cc2O)c(Br)c1. The van der Waals surface area contributed by atoms with Crippen molar-refractivity contribution in [2.75, 3.05) is 6.61 Å². The summed E-state index contributed by atoms with van der Waals surface area (Å²) in [7, 11) is 0. The fourth-order valence-electron chi connectivity index (χ4n) is 2.07. The third-order valence-electron chi connectivity index (χ3n) is 3.13. The van der Waals surface area contributed by atoms with Crippen molar-refractivity contribution in [2.24, 2.45) is 5.10 Å². The zero-order chi connectivity index (χ0) is 17.7. The zero-order valence-electron chi connectivity index (χ0n) is 13.2. The first kappa shape index (κ1) is 17.8. The summed E-state index contributed by atoms with van der Waals surface area (Å²) in [6, 6.07) is 7.94. The molecule has 0 aliphatic carbocycles. The predicted octanol–water partition coefficient (Wildman–Crippen LogP) is 3.01. The molecule has 0 aromatic heterocycles. The molecule has 2 aromatic carbocycles. The predicted molar refractivity (Wildman–Crippen MR) is 94.6 cm³/mol. The average molecular weight is 393 g/mol. The molecule has 0 bridgehead atoms. The number of aromatic hydroxyl groups is 2. The molecule has 0 radical (unpaired) electrons. The molecule has 0 aliphatic rings. The molecular weight excluding hydrogens is 376 g/mol. The van der Waals surface area contributed by atoms with Crippen molar-refractivity contribution in [3.63, 3.8) is 0 Å². The molecule has 7 heteroatoms. The first-order valence-corrected chi connectivity index (χ1v) is 7.89. The van der Waals surface area contributed by atoms with Crippen LogP contribution in [0.25, 0.3) is 0 Å². The third kappa shape index (κ3) is 4.73. The van der Waals surface area contributed by atoms with E-state index in [9.17, 15) is 15.0 Å². The highest BCUT2D eigenvalue weighted by Gasteiger charge is 2.09. The molecule has 0 saturated carbocycles. The van der Waals surface area contributed by atoms with Gasteiger partial charge in [-0.05, 0) is 59.1 Å². The lowest BCUT2D eigenvalue weighted by molar-refractivity contribution is -0.123. The molecule has 0 heterocycles. The van der Waals surface area contributed by atoms with Crippen LogP contribution in [0.5, 0.6) is 17.2 Å². The van der Waals surface area contributed by atoms with Crippen molar-refractivity contribution >= 4 is 28.1 Å². The van der Waals surface area contributed by atoms with Crippen molar-refractivity contribution in [1.29, 1.82) is 0 Å². The van der Waals surface area contributed by atoms with E-state index in [4.69, 9.17) is 4.74 Å². The Labute approximate surface area is 147 Å². The van der Waals surface area contributed by atoms with Gasteiger partial charge in [-0.15, -0.1) is 0 Å². The van der Waals surface area contributed by atoms with Gasteiger partial charge in [0.2, 0.25) is 0 Å². The number of rotatable bonds is 5. The van der Waals surface area contributed by atoms with Crippen molar-refractivity contribution < 1.29 is 19.7 Å². The number of nitrogens with zero attached hydrogens (tertiary/aromatic N) is 1. The standard InChI is InChI=1S/C17H17BrN2O4/c1-10-5-11(2)17(14(18)6-10)24-9-16(23)20-19-8-12-3-4-13(21)7-15(12)22/h3-8,21-22H,9H2,1-2H3,(H,20,23)/b19-8-. The van der Waals surface area contributed by atoms with Gasteiger partial charge >= 0.3 is 0 Å². The molecule has 0 spiro atoms. The van der Waals surface area contributed by atoms with Gasteiger partial charge in [0.05, 0.1) is 10.7 Å². The van der Waals surface area contributed by atoms with Crippen molar-refractivity contribution in [2.45, 2.75) is 13.8 Å². The van der Waals surface area contributed by atoms with Gasteiger partial charge in [-0.3, -0.25) is 4.79 Å². The van der Waals surface area contributed by atoms with Gasteiger partial charge in [0, 0.05) is 11.6 Å². The van der Waals surface area contributed by atoms with Gasteiger partial charge in [0.15, 0.2) is 6.61 Å². The highest BCUT2D eigenvalue weighted by molar-refractivity contribution is 9.10. The van der Waals surface area contributed by atoms with Crippen molar-refractivity contribution in [3.8, 4) is 17.2 Å². The van der Waals surface area contributed by atoms with E-state index in [0.717, 1.165) is 15.6 Å². The summed E-state index contributed by atoms with van der Waals surface area (Å²) in [5.74, 6) is -0.0168. The van der Waals surface area contributed by atoms with Gasteiger partial charge in [0.25, 0.3) is 5.91 Å². The van der Waals surface area contributed by atoms with Crippen LogP contribution in [0.3, 0.4) is 0 Å². The number of ether oxygens (including phenoxy) is 1. The van der Waals surface area contributed by atoms with Gasteiger partial charge in [-0.1, -0.05) is 6.07 Å². The van der Waals surface area contributed by atoms with E-state index in [0.29, 0.717) is 11.3 Å². The van der Waals surface area contributed by atoms with E-state index in [1.165, 1.54) is 24.4 Å². The largest absolute Gasteiger partial charge is 0.508 e. The summed E-state index contributed by atoms with van der Waals surface area (Å²) >= 11 is 3.41. The summed E-state index contributed by atoms with van der Waals surface area (Å²) in [5.41, 5.74) is 4.69. The second-order valence-corrected chi connectivity index (χ2v) is 6.07. The van der Waals surface area contributed by atoms with Gasteiger partial charge in [0.1, 0.15) is 17.2 Å². The first-order valence-electron chi connectivity index (χ1n) is 7.10. The number of nitrogens with one attached hydrogen (secondary N) is 1. The molecule has 0 aliphatic heterocycles. The van der Waals surface area contributed by atoms with Crippen LogP contribution in [-0.2, 0) is 4.79 Å². The minimum atomic E-state index is -0.434. The lowest BCUT2D eigenvalue weighted by Crippen LogP contribution is -2.24. The molecule has 6 nitrogen and oxygen atoms in total. The molecule has 2 rings (SSSR count). The average Bonchev–Trinajstić information content (AvgIpc) is 2.48. The fourth-order valence-corrected chi connectivity index (χ4v) is 2.86. The Morgan fingerprint density at radius 3 is 2.71 bits per heavy atom. The third-order valence-corrected chi connectivity index (χ3v) is 3.72. The Morgan fingerprint density at radius 1 is 1.29 bits per heavy atom. The van der Waals surface area contributed by atoms with E-state index < -0.39 is 5.91 Å². The number of benzene rings is 2. The second-order valence-electron chi connectivity index (χ2n) is 5.22. The molecule has 0 atom stereocenters. The zero-order valence-corrected chi connectivity index (χ0v) is 14.8. The van der Waals surface area contributed by atoms with Gasteiger partial charge in [-0.25, -0.2) is 5.43 Å². The minimum Gasteiger partial charge on any atom is -0.508 e. The van der Waals surface area contributed by atoms with E-state index in [2.05, 4.69) is 26.5 Å². The monoisotopic (exact) mass is 392 g/mol. The van der Waals surface area contributed by atoms with E-state index >= 15 is 0 Å². The molecule has 3 N–H and O–H groups in total. The van der Waals surface area contributed by atoms with Crippen LogP contribution < -0.4 is 10.2 Å². The van der Waals surface area contributed by atoms with Crippen LogP contribution in [0, 0.1) is 13.8 Å². The van der Waals surface area contributed by atoms with Crippen molar-refractivity contribution in [3.05, 3.63) is 51.5 Å². The topological polar surface area (TPSA) is 91.2 Å². The number of carbonyl (C=O) groups is 1. The lowest BCUT2D eigenvalue weighted by atomic mass is 10.1. The highest BCUT2D eigenvalue weighted by Crippen LogP contribution is 2.30. The summed E-state index contributed by atoms with van der Waals surface area (Å²) in [6.45, 7) is 3.68. The number of hydrazone groups is 1. The molecule has 0 saturated heterocycles. The molecule has 0 unspecified atom stereocenters. The van der Waals surface area contributed by atoms with Gasteiger partial charge < -0.3 is 14.9 Å². The van der Waals surface area contributed by atoms with E-state index in [-0.39, 0.29) is 18.1 Å². The summed E-state index contributed by atoms with van der Waals surface area (Å²) in [5, 5.41) is 22.5. The van der Waals surface area contributed by atoms with Crippen LogP contribution >= 0.6 is 15.9 Å². The summed E-state index contributed by atoms with van der Waals surface area (Å²) < 4.78 is 6.29. The maximum atomic E-state index is 11.8. The fraction of sp³-hybridized carbons (Fsp3) is 0.176. The molecular formula is C17H17BrN2O4. The van der Waals surface area contributed by atoms with Crippen LogP contribution in [0.1, 0.15) is 16.7 Å². The highest BCUT2D eigenvalue weighted by atomic mass is 79.9. The second kappa shape index (κ2) is 7.83. The van der Waals surface area contributed by atoms with E-state index in [1.807, 2.05) is 26.0 Å². The van der Waals surface area contributed by atoms with Crippen molar-refractivity contribution in [1.82, 2.24) is 5.43 Å². The Morgan fingerprint density at radius 2 is 2.04 bits per heavy atom. The van der Waals surface area contributed by atoms with E-state index in [1.54, 1.807) is 0 Å². The number of amides is 1. The number of halogens is 1. The first-order chi connectivity index (χ1) is 11.4. The number of phenolic OH excluding ortho intramolecular Hbond substituents is 2. The van der Waals surface area contributed by atoms with Crippen LogP contribution in [0.4, 0.5) is 0 Å². The van der Waals surface area contributed by atoms with Crippen LogP contribution in [-0.4, -0.2) is 28.9 Å². The number of hydrogen-bond acceptors (Lipinski definition) is 5. The minimum absolute atomic E-state index is 0.0545. The number of carbonyl (C=O) groups excluding carboxylic acids is 1. The number of aryl methyl sites for hydroxylation is 2. The lowest BCUT2D eigenvalue weighted by Gasteiger charge is -2.11. The maximum Gasteiger partial charge on any atom is 0.277 e. The number of phenols is 2. The molecule has 0 fully saturated rings. The summed E-state index contributed by atoms with van der Waals surface area (Å²) in [4.78, 5) is 11.8.